The summed E-state index contributed by atoms with van der Waals surface area (Å²) in [6.45, 7) is 4.81. The molecule has 0 radical (unpaired) electrons. The highest BCUT2D eigenvalue weighted by Crippen LogP contribution is 2.22. The molecule has 2 N–H and O–H groups in total. The van der Waals surface area contributed by atoms with Gasteiger partial charge in [0.15, 0.2) is 0 Å². The smallest absolute Gasteiger partial charge is 0.269 e. The third-order valence-electron chi connectivity index (χ3n) is 5.34. The largest absolute Gasteiger partial charge is 0.376 e. The molecule has 3 rings (SSSR count). The van der Waals surface area contributed by atoms with E-state index in [-0.39, 0.29) is 30.1 Å². The van der Waals surface area contributed by atoms with Gasteiger partial charge in [-0.05, 0) is 69.0 Å². The van der Waals surface area contributed by atoms with Crippen LogP contribution in [-0.4, -0.2) is 40.8 Å². The van der Waals surface area contributed by atoms with Gasteiger partial charge in [0, 0.05) is 41.7 Å². The van der Waals surface area contributed by atoms with Crippen LogP contribution in [0.2, 0.25) is 0 Å². The number of piperidine rings is 1. The van der Waals surface area contributed by atoms with E-state index in [1.54, 1.807) is 6.07 Å². The van der Waals surface area contributed by atoms with Crippen molar-refractivity contribution in [2.75, 3.05) is 23.7 Å². The molecule has 8 nitrogen and oxygen atoms in total. The number of nitro groups is 1. The Morgan fingerprint density at radius 2 is 1.90 bits per heavy atom. The quantitative estimate of drug-likeness (QED) is 0.554. The van der Waals surface area contributed by atoms with Crippen molar-refractivity contribution in [3.63, 3.8) is 0 Å². The Kier molecular flexibility index (Phi) is 6.66. The van der Waals surface area contributed by atoms with Gasteiger partial charge >= 0.3 is 0 Å². The number of amides is 2. The number of hydrogen-bond acceptors (Lipinski definition) is 5. The number of carbonyl (C=O) groups is 2. The van der Waals surface area contributed by atoms with Crippen LogP contribution in [0.3, 0.4) is 0 Å². The van der Waals surface area contributed by atoms with Crippen molar-refractivity contribution in [3.05, 3.63) is 63.7 Å². The number of non-ortho nitro benzene ring substituents is 1. The van der Waals surface area contributed by atoms with Crippen LogP contribution in [0.25, 0.3) is 0 Å². The van der Waals surface area contributed by atoms with Crippen LogP contribution >= 0.6 is 0 Å². The van der Waals surface area contributed by atoms with Crippen molar-refractivity contribution in [1.82, 2.24) is 4.90 Å². The van der Waals surface area contributed by atoms with Crippen LogP contribution in [0.4, 0.5) is 17.1 Å². The molecule has 1 aliphatic heterocycles. The van der Waals surface area contributed by atoms with E-state index in [1.807, 2.05) is 24.0 Å². The zero-order valence-electron chi connectivity index (χ0n) is 17.2. The number of carbonyl (C=O) groups excluding carboxylic acids is 2. The van der Waals surface area contributed by atoms with Crippen LogP contribution < -0.4 is 10.6 Å². The van der Waals surface area contributed by atoms with Crippen LogP contribution in [0.15, 0.2) is 42.5 Å². The number of nitrogens with zero attached hydrogens (tertiary/aromatic N) is 2. The molecule has 1 atom stereocenters. The third kappa shape index (κ3) is 5.14. The van der Waals surface area contributed by atoms with Gasteiger partial charge in [0.25, 0.3) is 11.6 Å². The fraction of sp³-hybridized carbons (Fsp3) is 0.364. The van der Waals surface area contributed by atoms with Gasteiger partial charge in [-0.1, -0.05) is 0 Å². The topological polar surface area (TPSA) is 105 Å². The molecule has 0 saturated carbocycles. The average Bonchev–Trinajstić information content (AvgIpc) is 2.73. The van der Waals surface area contributed by atoms with E-state index in [2.05, 4.69) is 17.6 Å². The fourth-order valence-electron chi connectivity index (χ4n) is 3.61. The summed E-state index contributed by atoms with van der Waals surface area (Å²) in [6, 6.07) is 11.4. The molecule has 2 amide bonds. The molecule has 0 spiro atoms. The second-order valence-electron chi connectivity index (χ2n) is 7.58. The van der Waals surface area contributed by atoms with Gasteiger partial charge in [-0.15, -0.1) is 0 Å². The Morgan fingerprint density at radius 3 is 2.53 bits per heavy atom. The highest BCUT2D eigenvalue weighted by atomic mass is 16.6. The number of anilines is 2. The molecule has 1 fully saturated rings. The summed E-state index contributed by atoms with van der Waals surface area (Å²) in [5.41, 5.74) is 2.77. The number of benzene rings is 2. The summed E-state index contributed by atoms with van der Waals surface area (Å²) in [5.74, 6) is -0.224. The van der Waals surface area contributed by atoms with Crippen LogP contribution in [0, 0.1) is 17.0 Å². The van der Waals surface area contributed by atoms with Gasteiger partial charge in [-0.3, -0.25) is 19.7 Å². The molecule has 158 valence electrons. The predicted molar refractivity (Wildman–Crippen MR) is 116 cm³/mol. The van der Waals surface area contributed by atoms with E-state index < -0.39 is 4.92 Å². The van der Waals surface area contributed by atoms with Crippen LogP contribution in [0.5, 0.6) is 0 Å². The van der Waals surface area contributed by atoms with Crippen LogP contribution in [0.1, 0.15) is 42.1 Å². The molecule has 1 saturated heterocycles. The molecule has 0 bridgehead atoms. The fourth-order valence-corrected chi connectivity index (χ4v) is 3.61. The molecule has 1 aliphatic rings. The summed E-state index contributed by atoms with van der Waals surface area (Å²) in [6.07, 6.45) is 3.24. The van der Waals surface area contributed by atoms with Crippen molar-refractivity contribution in [1.29, 1.82) is 0 Å². The number of nitrogens with one attached hydrogen (secondary N) is 2. The standard InChI is InChI=1S/C22H26N4O4/c1-15-13-17(22(28)25-12-4-3-5-16(25)2)6-11-20(15)23-14-21(27)24-18-7-9-19(10-8-18)26(29)30/h6-11,13,16,23H,3-5,12,14H2,1-2H3,(H,24,27). The van der Waals surface area contributed by atoms with Crippen molar-refractivity contribution in [2.45, 2.75) is 39.2 Å². The molecular formula is C22H26N4O4. The number of hydrogen-bond donors (Lipinski definition) is 2. The van der Waals surface area contributed by atoms with Crippen molar-refractivity contribution < 1.29 is 14.5 Å². The summed E-state index contributed by atoms with van der Waals surface area (Å²) in [7, 11) is 0. The minimum absolute atomic E-state index is 0.0321. The number of aryl methyl sites for hydroxylation is 1. The number of nitro benzene ring substituents is 1. The predicted octanol–water partition coefficient (Wildman–Crippen LogP) is 3.97. The first kappa shape index (κ1) is 21.3. The lowest BCUT2D eigenvalue weighted by atomic mass is 10.0. The first-order valence-electron chi connectivity index (χ1n) is 10.0. The lowest BCUT2D eigenvalue weighted by Crippen LogP contribution is -2.42. The van der Waals surface area contributed by atoms with E-state index in [9.17, 15) is 19.7 Å². The molecule has 2 aromatic carbocycles. The van der Waals surface area contributed by atoms with Gasteiger partial charge in [0.1, 0.15) is 0 Å². The maximum Gasteiger partial charge on any atom is 0.269 e. The molecule has 30 heavy (non-hydrogen) atoms. The molecular weight excluding hydrogens is 384 g/mol. The van der Waals surface area contributed by atoms with Gasteiger partial charge in [-0.25, -0.2) is 0 Å². The highest BCUT2D eigenvalue weighted by molar-refractivity contribution is 5.96. The minimum atomic E-state index is -0.490. The summed E-state index contributed by atoms with van der Waals surface area (Å²) in [4.78, 5) is 37.1. The van der Waals surface area contributed by atoms with E-state index in [0.29, 0.717) is 11.3 Å². The molecule has 8 heteroatoms. The van der Waals surface area contributed by atoms with Gasteiger partial charge in [0.2, 0.25) is 5.91 Å². The number of likely N-dealkylation sites (tertiary alicyclic amines) is 1. The Balaban J connectivity index is 1.57. The SMILES string of the molecule is Cc1cc(C(=O)N2CCCCC2C)ccc1NCC(=O)Nc1ccc([N+](=O)[O-])cc1. The van der Waals surface area contributed by atoms with Gasteiger partial charge in [0.05, 0.1) is 11.5 Å². The maximum atomic E-state index is 12.8. The molecule has 0 aromatic heterocycles. The van der Waals surface area contributed by atoms with E-state index >= 15 is 0 Å². The van der Waals surface area contributed by atoms with Crippen molar-refractivity contribution >= 4 is 28.9 Å². The zero-order chi connectivity index (χ0) is 21.7. The Labute approximate surface area is 175 Å². The van der Waals surface area contributed by atoms with E-state index in [0.717, 1.165) is 37.1 Å². The Hall–Kier alpha value is -3.42. The monoisotopic (exact) mass is 410 g/mol. The van der Waals surface area contributed by atoms with Crippen molar-refractivity contribution in [2.24, 2.45) is 0 Å². The maximum absolute atomic E-state index is 12.8. The van der Waals surface area contributed by atoms with Gasteiger partial charge in [-0.2, -0.15) is 0 Å². The summed E-state index contributed by atoms with van der Waals surface area (Å²) < 4.78 is 0. The third-order valence-corrected chi connectivity index (χ3v) is 5.34. The molecule has 0 aliphatic carbocycles. The lowest BCUT2D eigenvalue weighted by Gasteiger charge is -2.33. The van der Waals surface area contributed by atoms with Crippen LogP contribution in [-0.2, 0) is 4.79 Å². The molecule has 2 aromatic rings. The Morgan fingerprint density at radius 1 is 1.17 bits per heavy atom. The van der Waals surface area contributed by atoms with Gasteiger partial charge < -0.3 is 15.5 Å². The number of rotatable bonds is 6. The highest BCUT2D eigenvalue weighted by Gasteiger charge is 2.24. The second kappa shape index (κ2) is 9.39. The molecule has 1 unspecified atom stereocenters. The van der Waals surface area contributed by atoms with Crippen molar-refractivity contribution in [3.8, 4) is 0 Å². The first-order valence-corrected chi connectivity index (χ1v) is 10.0. The molecule has 1 heterocycles. The summed E-state index contributed by atoms with van der Waals surface area (Å²) >= 11 is 0. The van der Waals surface area contributed by atoms with E-state index in [1.165, 1.54) is 24.3 Å². The summed E-state index contributed by atoms with van der Waals surface area (Å²) in [5, 5.41) is 16.4. The second-order valence-corrected chi connectivity index (χ2v) is 7.58. The van der Waals surface area contributed by atoms with E-state index in [4.69, 9.17) is 0 Å². The first-order chi connectivity index (χ1) is 14.3. The normalized spacial score (nSPS) is 16.1. The Bertz CT molecular complexity index is 943. The lowest BCUT2D eigenvalue weighted by molar-refractivity contribution is -0.384. The average molecular weight is 410 g/mol. The minimum Gasteiger partial charge on any atom is -0.376 e. The zero-order valence-corrected chi connectivity index (χ0v) is 17.2.